The Hall–Kier alpha value is -6.09. The van der Waals surface area contributed by atoms with Gasteiger partial charge in [-0.2, -0.15) is 4.68 Å². The number of aromatic amines is 1. The van der Waals surface area contributed by atoms with E-state index in [2.05, 4.69) is 41.4 Å². The van der Waals surface area contributed by atoms with E-state index in [0.717, 1.165) is 11.4 Å². The molecule has 15 nitrogen and oxygen atoms in total. The van der Waals surface area contributed by atoms with E-state index < -0.39 is 12.1 Å². The lowest BCUT2D eigenvalue weighted by molar-refractivity contribution is -0.117. The summed E-state index contributed by atoms with van der Waals surface area (Å²) in [4.78, 5) is 53.3. The molecule has 1 aliphatic rings. The number of tetrazole rings is 1. The molecular formula is C33H32ClN11O4. The Morgan fingerprint density at radius 2 is 1.94 bits per heavy atom. The third kappa shape index (κ3) is 7.90. The highest BCUT2D eigenvalue weighted by Crippen LogP contribution is 2.32. The molecule has 1 aliphatic heterocycles. The van der Waals surface area contributed by atoms with E-state index in [4.69, 9.17) is 21.3 Å². The summed E-state index contributed by atoms with van der Waals surface area (Å²) in [6.07, 6.45) is 6.31. The van der Waals surface area contributed by atoms with Crippen LogP contribution in [0, 0.1) is 0 Å². The highest BCUT2D eigenvalue weighted by atomic mass is 35.5. The van der Waals surface area contributed by atoms with Crippen molar-refractivity contribution in [2.75, 3.05) is 36.7 Å². The molecule has 49 heavy (non-hydrogen) atoms. The van der Waals surface area contributed by atoms with E-state index in [-0.39, 0.29) is 18.2 Å². The monoisotopic (exact) mass is 681 g/mol. The Morgan fingerprint density at radius 1 is 1.10 bits per heavy atom. The van der Waals surface area contributed by atoms with E-state index in [1.54, 1.807) is 48.7 Å². The summed E-state index contributed by atoms with van der Waals surface area (Å²) < 4.78 is 6.20. The third-order valence-electron chi connectivity index (χ3n) is 7.71. The number of anilines is 3. The van der Waals surface area contributed by atoms with Crippen LogP contribution < -0.4 is 20.9 Å². The van der Waals surface area contributed by atoms with Crippen molar-refractivity contribution in [3.63, 3.8) is 0 Å². The molecule has 4 N–H and O–H groups in total. The summed E-state index contributed by atoms with van der Waals surface area (Å²) in [5.41, 5.74) is 5.69. The number of hydrogen-bond acceptors (Lipinski definition) is 10. The molecule has 16 heteroatoms. The van der Waals surface area contributed by atoms with Crippen LogP contribution >= 0.6 is 11.6 Å². The van der Waals surface area contributed by atoms with E-state index in [0.29, 0.717) is 63.3 Å². The van der Waals surface area contributed by atoms with Crippen molar-refractivity contribution in [1.29, 1.82) is 0 Å². The van der Waals surface area contributed by atoms with Gasteiger partial charge in [0.1, 0.15) is 12.2 Å². The number of carbonyl (C=O) groups is 3. The Labute approximate surface area is 285 Å². The Morgan fingerprint density at radius 3 is 2.71 bits per heavy atom. The minimum atomic E-state index is -0.645. The highest BCUT2D eigenvalue weighted by molar-refractivity contribution is 6.30. The molecule has 0 unspecified atom stereocenters. The number of benzene rings is 2. The first-order chi connectivity index (χ1) is 23.6. The zero-order chi connectivity index (χ0) is 34.5. The van der Waals surface area contributed by atoms with Crippen LogP contribution in [0.25, 0.3) is 23.0 Å². The number of pyridine rings is 1. The number of nitrogens with one attached hydrogen (secondary N) is 4. The van der Waals surface area contributed by atoms with Gasteiger partial charge in [0, 0.05) is 71.9 Å². The average Bonchev–Trinajstić information content (AvgIpc) is 3.79. The van der Waals surface area contributed by atoms with Gasteiger partial charge in [-0.05, 0) is 71.5 Å². The predicted octanol–water partition coefficient (Wildman–Crippen LogP) is 4.34. The number of aromatic nitrogens is 7. The largest absolute Gasteiger partial charge is 0.453 e. The number of fused-ring (bicyclic) bond motifs is 6. The molecular weight excluding hydrogens is 650 g/mol. The van der Waals surface area contributed by atoms with Gasteiger partial charge in [0.05, 0.1) is 36.4 Å². The van der Waals surface area contributed by atoms with Crippen molar-refractivity contribution in [2.45, 2.75) is 25.3 Å². The molecule has 0 saturated heterocycles. The number of methoxy groups -OCH3 is 1. The maximum absolute atomic E-state index is 13.5. The van der Waals surface area contributed by atoms with Crippen molar-refractivity contribution in [1.82, 2.24) is 40.5 Å². The Bertz CT molecular complexity index is 2040. The standard InChI is InChI=1S/C33H32ClN11O4/c1-44(2)24-13-21-7-11-31(47)39-26-15-22(38-33(48)49-3)6-8-25(26)28-17-35-32(41-28)27(16-23(14-24)37-21)40-30(46)10-4-19-12-20(34)5-9-29(19)45-18-36-42-43-45/h4-6,8-10,12-15,17-18,27H,7,11,16H2,1-3H3,(H,35,41)(H,38,48)(H,39,47)(H,40,46)/t27-/m0/s1. The minimum Gasteiger partial charge on any atom is -0.453 e. The fraction of sp³-hybridized carbons (Fsp3) is 0.212. The zero-order valence-electron chi connectivity index (χ0n) is 26.8. The van der Waals surface area contributed by atoms with Crippen molar-refractivity contribution in [3.8, 4) is 16.9 Å². The van der Waals surface area contributed by atoms with Crippen LogP contribution in [-0.2, 0) is 27.2 Å². The van der Waals surface area contributed by atoms with Crippen LogP contribution in [0.5, 0.6) is 0 Å². The van der Waals surface area contributed by atoms with Crippen LogP contribution in [-0.4, -0.2) is 74.3 Å². The van der Waals surface area contributed by atoms with Crippen molar-refractivity contribution in [2.24, 2.45) is 0 Å². The molecule has 1 atom stereocenters. The van der Waals surface area contributed by atoms with E-state index in [9.17, 15) is 14.4 Å². The van der Waals surface area contributed by atoms with Gasteiger partial charge < -0.3 is 25.3 Å². The molecule has 3 aromatic heterocycles. The number of hydrogen-bond donors (Lipinski definition) is 4. The van der Waals surface area contributed by atoms with Crippen LogP contribution in [0.1, 0.15) is 35.2 Å². The lowest BCUT2D eigenvalue weighted by atomic mass is 10.1. The van der Waals surface area contributed by atoms with Gasteiger partial charge in [-0.1, -0.05) is 11.6 Å². The van der Waals surface area contributed by atoms with E-state index in [1.165, 1.54) is 24.2 Å². The normalized spacial score (nSPS) is 14.4. The first-order valence-electron chi connectivity index (χ1n) is 15.2. The number of halogens is 1. The van der Waals surface area contributed by atoms with Crippen LogP contribution in [0.3, 0.4) is 0 Å². The van der Waals surface area contributed by atoms with Crippen LogP contribution in [0.4, 0.5) is 21.9 Å². The Balaban J connectivity index is 1.37. The fourth-order valence-corrected chi connectivity index (χ4v) is 5.49. The number of amides is 3. The molecule has 2 aromatic carbocycles. The van der Waals surface area contributed by atoms with Gasteiger partial charge in [0.25, 0.3) is 0 Å². The maximum atomic E-state index is 13.5. The Kier molecular flexibility index (Phi) is 9.62. The topological polar surface area (TPSA) is 185 Å². The van der Waals surface area contributed by atoms with E-state index in [1.807, 2.05) is 31.1 Å². The molecule has 0 saturated carbocycles. The summed E-state index contributed by atoms with van der Waals surface area (Å²) in [6.45, 7) is 0. The molecule has 0 aliphatic carbocycles. The van der Waals surface area contributed by atoms with Crippen LogP contribution in [0.2, 0.25) is 5.02 Å². The maximum Gasteiger partial charge on any atom is 0.411 e. The first kappa shape index (κ1) is 32.8. The predicted molar refractivity (Wildman–Crippen MR) is 183 cm³/mol. The number of imidazole rings is 1. The van der Waals surface area contributed by atoms with Crippen molar-refractivity contribution >= 4 is 52.6 Å². The van der Waals surface area contributed by atoms with Gasteiger partial charge in [-0.3, -0.25) is 19.9 Å². The van der Waals surface area contributed by atoms with Crippen molar-refractivity contribution in [3.05, 3.63) is 94.9 Å². The highest BCUT2D eigenvalue weighted by Gasteiger charge is 2.22. The summed E-state index contributed by atoms with van der Waals surface area (Å²) in [5.74, 6) is -0.146. The number of H-pyrrole nitrogens is 1. The summed E-state index contributed by atoms with van der Waals surface area (Å²) in [5, 5.41) is 20.5. The lowest BCUT2D eigenvalue weighted by Crippen LogP contribution is -2.29. The van der Waals surface area contributed by atoms with E-state index >= 15 is 0 Å². The summed E-state index contributed by atoms with van der Waals surface area (Å²) >= 11 is 6.27. The quantitative estimate of drug-likeness (QED) is 0.188. The van der Waals surface area contributed by atoms with Gasteiger partial charge in [-0.25, -0.2) is 9.78 Å². The molecule has 0 spiro atoms. The molecule has 4 heterocycles. The number of nitrogens with zero attached hydrogens (tertiary/aromatic N) is 7. The fourth-order valence-electron chi connectivity index (χ4n) is 5.31. The second-order valence-electron chi connectivity index (χ2n) is 11.4. The number of rotatable bonds is 6. The molecule has 250 valence electrons. The molecule has 5 aromatic rings. The number of carbonyl (C=O) groups excluding carboxylic acids is 3. The SMILES string of the molecule is COC(=O)Nc1ccc2c(c1)NC(=O)CCc1cc(N(C)C)cc(n1)C[C@H](NC(=O)C=Cc1cc(Cl)ccc1-n1cnnn1)c1ncc-2[nH]1. The molecule has 0 fully saturated rings. The molecule has 4 bridgehead atoms. The molecule has 0 radical (unpaired) electrons. The second kappa shape index (κ2) is 14.4. The smallest absolute Gasteiger partial charge is 0.411 e. The van der Waals surface area contributed by atoms with Gasteiger partial charge in [-0.15, -0.1) is 5.10 Å². The summed E-state index contributed by atoms with van der Waals surface area (Å²) in [7, 11) is 5.11. The molecule has 3 amide bonds. The second-order valence-corrected chi connectivity index (χ2v) is 11.8. The average molecular weight is 682 g/mol. The van der Waals surface area contributed by atoms with Crippen molar-refractivity contribution < 1.29 is 19.1 Å². The molecule has 6 rings (SSSR count). The zero-order valence-corrected chi connectivity index (χ0v) is 27.5. The first-order valence-corrected chi connectivity index (χ1v) is 15.6. The summed E-state index contributed by atoms with van der Waals surface area (Å²) in [6, 6.07) is 13.5. The van der Waals surface area contributed by atoms with Gasteiger partial charge >= 0.3 is 6.09 Å². The third-order valence-corrected chi connectivity index (χ3v) is 7.95. The minimum absolute atomic E-state index is 0.159. The van der Waals surface area contributed by atoms with Gasteiger partial charge in [0.2, 0.25) is 11.8 Å². The van der Waals surface area contributed by atoms with Gasteiger partial charge in [0.15, 0.2) is 0 Å². The lowest BCUT2D eigenvalue weighted by Gasteiger charge is -2.20. The van der Waals surface area contributed by atoms with Crippen LogP contribution in [0.15, 0.2) is 67.1 Å². The number of aryl methyl sites for hydroxylation is 1. The number of ether oxygens (including phenoxy) is 1.